The highest BCUT2D eigenvalue weighted by Crippen LogP contribution is 2.34. The van der Waals surface area contributed by atoms with Gasteiger partial charge in [0.25, 0.3) is 0 Å². The highest BCUT2D eigenvalue weighted by molar-refractivity contribution is 7.22. The Kier molecular flexibility index (Phi) is 6.19. The molecule has 0 radical (unpaired) electrons. The van der Waals surface area contributed by atoms with Crippen LogP contribution in [-0.4, -0.2) is 10.9 Å². The van der Waals surface area contributed by atoms with E-state index in [2.05, 4.69) is 76.2 Å². The molecule has 158 valence electrons. The number of rotatable bonds is 6. The van der Waals surface area contributed by atoms with Gasteiger partial charge in [0.15, 0.2) is 5.13 Å². The number of hydrogen-bond donors (Lipinski definition) is 0. The second-order valence-corrected chi connectivity index (χ2v) is 9.42. The maximum atomic E-state index is 13.5. The van der Waals surface area contributed by atoms with Crippen LogP contribution < -0.4 is 4.90 Å². The SMILES string of the molecule is Cc1ccc(CC(=O)N(Cc2ccccc2)c2nc3c(C(C)C)cccc3s2)cc1C. The molecule has 0 N–H and O–H groups in total. The van der Waals surface area contributed by atoms with Crippen molar-refractivity contribution in [2.75, 3.05) is 4.90 Å². The maximum Gasteiger partial charge on any atom is 0.233 e. The second kappa shape index (κ2) is 9.03. The van der Waals surface area contributed by atoms with Crippen molar-refractivity contribution in [3.8, 4) is 0 Å². The molecule has 0 fully saturated rings. The number of amides is 1. The van der Waals surface area contributed by atoms with Crippen molar-refractivity contribution in [3.05, 3.63) is 94.5 Å². The Morgan fingerprint density at radius 1 is 0.935 bits per heavy atom. The van der Waals surface area contributed by atoms with E-state index < -0.39 is 0 Å². The van der Waals surface area contributed by atoms with Crippen LogP contribution in [0.5, 0.6) is 0 Å². The van der Waals surface area contributed by atoms with E-state index in [1.807, 2.05) is 23.1 Å². The Morgan fingerprint density at radius 3 is 2.42 bits per heavy atom. The van der Waals surface area contributed by atoms with Crippen LogP contribution in [0.3, 0.4) is 0 Å². The van der Waals surface area contributed by atoms with Gasteiger partial charge >= 0.3 is 0 Å². The number of carbonyl (C=O) groups is 1. The first-order valence-electron chi connectivity index (χ1n) is 10.7. The smallest absolute Gasteiger partial charge is 0.233 e. The van der Waals surface area contributed by atoms with Crippen molar-refractivity contribution in [2.45, 2.75) is 46.6 Å². The summed E-state index contributed by atoms with van der Waals surface area (Å²) in [5.74, 6) is 0.449. The molecule has 3 nitrogen and oxygen atoms in total. The van der Waals surface area contributed by atoms with Gasteiger partial charge < -0.3 is 0 Å². The third kappa shape index (κ3) is 4.70. The van der Waals surface area contributed by atoms with Crippen LogP contribution in [0.4, 0.5) is 5.13 Å². The highest BCUT2D eigenvalue weighted by atomic mass is 32.1. The number of hydrogen-bond acceptors (Lipinski definition) is 3. The van der Waals surface area contributed by atoms with Crippen molar-refractivity contribution in [2.24, 2.45) is 0 Å². The Labute approximate surface area is 188 Å². The minimum Gasteiger partial charge on any atom is -0.283 e. The summed E-state index contributed by atoms with van der Waals surface area (Å²) in [6.07, 6.45) is 0.362. The largest absolute Gasteiger partial charge is 0.283 e. The zero-order valence-electron chi connectivity index (χ0n) is 18.6. The van der Waals surface area contributed by atoms with E-state index in [0.29, 0.717) is 18.9 Å². The lowest BCUT2D eigenvalue weighted by molar-refractivity contribution is -0.118. The van der Waals surface area contributed by atoms with Gasteiger partial charge in [-0.1, -0.05) is 85.8 Å². The molecule has 4 heteroatoms. The van der Waals surface area contributed by atoms with Gasteiger partial charge in [-0.05, 0) is 53.6 Å². The summed E-state index contributed by atoms with van der Waals surface area (Å²) >= 11 is 1.59. The lowest BCUT2D eigenvalue weighted by Gasteiger charge is -2.20. The first kappa shape index (κ1) is 21.3. The number of carbonyl (C=O) groups excluding carboxylic acids is 1. The molecule has 0 bridgehead atoms. The normalized spacial score (nSPS) is 11.3. The molecule has 0 atom stereocenters. The summed E-state index contributed by atoms with van der Waals surface area (Å²) in [5.41, 5.74) is 6.82. The molecule has 0 aliphatic heterocycles. The van der Waals surface area contributed by atoms with Crippen molar-refractivity contribution < 1.29 is 4.79 Å². The molecule has 1 aromatic heterocycles. The van der Waals surface area contributed by atoms with E-state index in [1.165, 1.54) is 16.7 Å². The fraction of sp³-hybridized carbons (Fsp3) is 0.259. The minimum atomic E-state index is 0.0669. The summed E-state index contributed by atoms with van der Waals surface area (Å²) in [6, 6.07) is 22.7. The van der Waals surface area contributed by atoms with Crippen LogP contribution in [0.2, 0.25) is 0 Å². The predicted octanol–water partition coefficient (Wildman–Crippen LogP) is 6.81. The number of thiazole rings is 1. The number of benzene rings is 3. The summed E-state index contributed by atoms with van der Waals surface area (Å²) < 4.78 is 1.12. The van der Waals surface area contributed by atoms with E-state index in [4.69, 9.17) is 4.98 Å². The molecule has 0 saturated heterocycles. The molecule has 0 saturated carbocycles. The molecule has 4 rings (SSSR count). The first-order valence-corrected chi connectivity index (χ1v) is 11.5. The molecule has 31 heavy (non-hydrogen) atoms. The fourth-order valence-corrected chi connectivity index (χ4v) is 4.77. The summed E-state index contributed by atoms with van der Waals surface area (Å²) in [4.78, 5) is 20.3. The van der Waals surface area contributed by atoms with Crippen LogP contribution in [0.25, 0.3) is 10.2 Å². The van der Waals surface area contributed by atoms with Gasteiger partial charge in [0, 0.05) is 0 Å². The number of nitrogens with zero attached hydrogens (tertiary/aromatic N) is 2. The fourth-order valence-electron chi connectivity index (χ4n) is 3.75. The van der Waals surface area contributed by atoms with Crippen molar-refractivity contribution in [1.82, 2.24) is 4.98 Å². The molecular weight excluding hydrogens is 400 g/mol. The summed E-state index contributed by atoms with van der Waals surface area (Å²) in [7, 11) is 0. The zero-order valence-corrected chi connectivity index (χ0v) is 19.4. The van der Waals surface area contributed by atoms with Gasteiger partial charge in [0.2, 0.25) is 5.91 Å². The molecule has 0 unspecified atom stereocenters. The second-order valence-electron chi connectivity index (χ2n) is 8.41. The van der Waals surface area contributed by atoms with Crippen molar-refractivity contribution >= 4 is 32.6 Å². The monoisotopic (exact) mass is 428 g/mol. The minimum absolute atomic E-state index is 0.0669. The van der Waals surface area contributed by atoms with E-state index in [0.717, 1.165) is 26.5 Å². The molecule has 0 spiro atoms. The van der Waals surface area contributed by atoms with Crippen LogP contribution in [0, 0.1) is 13.8 Å². The van der Waals surface area contributed by atoms with Crippen molar-refractivity contribution in [3.63, 3.8) is 0 Å². The average molecular weight is 429 g/mol. The highest BCUT2D eigenvalue weighted by Gasteiger charge is 2.22. The van der Waals surface area contributed by atoms with Crippen molar-refractivity contribution in [1.29, 1.82) is 0 Å². The molecule has 1 heterocycles. The van der Waals surface area contributed by atoms with Gasteiger partial charge in [-0.3, -0.25) is 9.69 Å². The Hall–Kier alpha value is -2.98. The van der Waals surface area contributed by atoms with Crippen LogP contribution >= 0.6 is 11.3 Å². The standard InChI is InChI=1S/C27H28N2OS/c1-18(2)23-11-8-12-24-26(23)28-27(31-24)29(17-21-9-6-5-7-10-21)25(30)16-22-14-13-19(3)20(4)15-22/h5-15,18H,16-17H2,1-4H3. The van der Waals surface area contributed by atoms with E-state index in [1.54, 1.807) is 11.3 Å². The summed E-state index contributed by atoms with van der Waals surface area (Å²) in [5, 5.41) is 0.765. The third-order valence-corrected chi connectivity index (χ3v) is 6.75. The predicted molar refractivity (Wildman–Crippen MR) is 131 cm³/mol. The number of para-hydroxylation sites is 1. The van der Waals surface area contributed by atoms with Crippen LogP contribution in [0.1, 0.15) is 47.6 Å². The first-order chi connectivity index (χ1) is 14.9. The topological polar surface area (TPSA) is 33.2 Å². The molecule has 3 aromatic carbocycles. The third-order valence-electron chi connectivity index (χ3n) is 5.70. The van der Waals surface area contributed by atoms with E-state index in [-0.39, 0.29) is 5.91 Å². The Morgan fingerprint density at radius 2 is 1.71 bits per heavy atom. The van der Waals surface area contributed by atoms with Gasteiger partial charge in [-0.15, -0.1) is 0 Å². The lowest BCUT2D eigenvalue weighted by Crippen LogP contribution is -2.31. The Bertz CT molecular complexity index is 1210. The Balaban J connectivity index is 1.72. The van der Waals surface area contributed by atoms with E-state index in [9.17, 15) is 4.79 Å². The number of fused-ring (bicyclic) bond motifs is 1. The average Bonchev–Trinajstić information content (AvgIpc) is 3.19. The molecule has 4 aromatic rings. The molecule has 0 aliphatic carbocycles. The van der Waals surface area contributed by atoms with Gasteiger partial charge in [-0.2, -0.15) is 0 Å². The van der Waals surface area contributed by atoms with Crippen LogP contribution in [-0.2, 0) is 17.8 Å². The number of aromatic nitrogens is 1. The number of anilines is 1. The summed E-state index contributed by atoms with van der Waals surface area (Å²) in [6.45, 7) is 9.06. The van der Waals surface area contributed by atoms with Gasteiger partial charge in [-0.25, -0.2) is 4.98 Å². The maximum absolute atomic E-state index is 13.5. The van der Waals surface area contributed by atoms with E-state index >= 15 is 0 Å². The van der Waals surface area contributed by atoms with Gasteiger partial charge in [0.05, 0.1) is 23.2 Å². The molecule has 1 amide bonds. The van der Waals surface area contributed by atoms with Crippen LogP contribution in [0.15, 0.2) is 66.7 Å². The molecular formula is C27H28N2OS. The van der Waals surface area contributed by atoms with Gasteiger partial charge in [0.1, 0.15) is 0 Å². The number of aryl methyl sites for hydroxylation is 2. The molecule has 0 aliphatic rings. The zero-order chi connectivity index (χ0) is 22.0. The quantitative estimate of drug-likeness (QED) is 0.338. The lowest BCUT2D eigenvalue weighted by atomic mass is 10.0.